The van der Waals surface area contributed by atoms with Crippen LogP contribution in [0.3, 0.4) is 0 Å². The van der Waals surface area contributed by atoms with Gasteiger partial charge in [-0.25, -0.2) is 0 Å². The van der Waals surface area contributed by atoms with Crippen molar-refractivity contribution in [3.8, 4) is 0 Å². The predicted octanol–water partition coefficient (Wildman–Crippen LogP) is 0.991. The van der Waals surface area contributed by atoms with E-state index in [4.69, 9.17) is 4.74 Å². The van der Waals surface area contributed by atoms with Gasteiger partial charge in [0.2, 0.25) is 5.91 Å². The van der Waals surface area contributed by atoms with Crippen LogP contribution >= 0.6 is 0 Å². The summed E-state index contributed by atoms with van der Waals surface area (Å²) in [5, 5.41) is 0. The fourth-order valence-corrected chi connectivity index (χ4v) is 1.29. The van der Waals surface area contributed by atoms with E-state index in [-0.39, 0.29) is 12.1 Å². The van der Waals surface area contributed by atoms with Crippen molar-refractivity contribution in [1.29, 1.82) is 0 Å². The van der Waals surface area contributed by atoms with Gasteiger partial charge in [0, 0.05) is 13.0 Å². The summed E-state index contributed by atoms with van der Waals surface area (Å²) in [5.74, 6) is 0.192. The van der Waals surface area contributed by atoms with Gasteiger partial charge in [0.1, 0.15) is 6.23 Å². The molecule has 1 unspecified atom stereocenters. The largest absolute Gasteiger partial charge is 0.359 e. The number of ether oxygens (including phenoxy) is 1. The molecule has 0 saturated carbocycles. The van der Waals surface area contributed by atoms with Gasteiger partial charge in [-0.2, -0.15) is 0 Å². The fraction of sp³-hybridized carbons (Fsp3) is 0.875. The summed E-state index contributed by atoms with van der Waals surface area (Å²) in [5.41, 5.74) is 0. The van der Waals surface area contributed by atoms with Crippen molar-refractivity contribution in [2.24, 2.45) is 0 Å². The number of hydrogen-bond donors (Lipinski definition) is 0. The van der Waals surface area contributed by atoms with Crippen molar-refractivity contribution >= 4 is 5.91 Å². The summed E-state index contributed by atoms with van der Waals surface area (Å²) in [6.07, 6.45) is 1.53. The first-order valence-electron chi connectivity index (χ1n) is 4.16. The van der Waals surface area contributed by atoms with Crippen molar-refractivity contribution in [2.75, 3.05) is 13.2 Å². The van der Waals surface area contributed by atoms with E-state index in [0.29, 0.717) is 6.42 Å². The number of carbonyl (C=O) groups is 1. The topological polar surface area (TPSA) is 29.5 Å². The van der Waals surface area contributed by atoms with Gasteiger partial charge in [-0.15, -0.1) is 0 Å². The van der Waals surface area contributed by atoms with E-state index in [0.717, 1.165) is 19.6 Å². The Morgan fingerprint density at radius 1 is 1.73 bits per heavy atom. The summed E-state index contributed by atoms with van der Waals surface area (Å²) in [7, 11) is 0. The van der Waals surface area contributed by atoms with Crippen LogP contribution in [-0.2, 0) is 9.53 Å². The zero-order chi connectivity index (χ0) is 8.27. The maximum Gasteiger partial charge on any atom is 0.224 e. The quantitative estimate of drug-likeness (QED) is 0.568. The molecule has 1 fully saturated rings. The van der Waals surface area contributed by atoms with E-state index in [1.54, 1.807) is 4.90 Å². The Morgan fingerprint density at radius 3 is 3.00 bits per heavy atom. The molecule has 1 atom stereocenters. The average Bonchev–Trinajstić information content (AvgIpc) is 2.04. The molecule has 0 aromatic heterocycles. The predicted molar refractivity (Wildman–Crippen MR) is 42.0 cm³/mol. The Balaban J connectivity index is 2.47. The first-order valence-corrected chi connectivity index (χ1v) is 4.16. The van der Waals surface area contributed by atoms with Gasteiger partial charge in [0.25, 0.3) is 0 Å². The monoisotopic (exact) mass is 157 g/mol. The number of hydrogen-bond acceptors (Lipinski definition) is 2. The molecule has 0 aromatic rings. The Kier molecular flexibility index (Phi) is 2.88. The van der Waals surface area contributed by atoms with Crippen LogP contribution < -0.4 is 0 Å². The molecule has 0 N–H and O–H groups in total. The second-order valence-electron chi connectivity index (χ2n) is 2.76. The number of carbonyl (C=O) groups excluding carboxylic acids is 1. The summed E-state index contributed by atoms with van der Waals surface area (Å²) in [4.78, 5) is 13.0. The van der Waals surface area contributed by atoms with Crippen molar-refractivity contribution < 1.29 is 9.53 Å². The Bertz CT molecular complexity index is 147. The molecule has 11 heavy (non-hydrogen) atoms. The van der Waals surface area contributed by atoms with Crippen LogP contribution in [0.2, 0.25) is 0 Å². The standard InChI is InChI=1S/C8H15NO2/c1-3-8(10)9-5-4-6-11-7(9)2/h7H,3-6H2,1-2H3. The van der Waals surface area contributed by atoms with E-state index in [9.17, 15) is 4.79 Å². The maximum absolute atomic E-state index is 11.2. The molecule has 1 heterocycles. The zero-order valence-electron chi connectivity index (χ0n) is 7.17. The Morgan fingerprint density at radius 2 is 2.45 bits per heavy atom. The fourth-order valence-electron chi connectivity index (χ4n) is 1.29. The molecule has 1 aliphatic heterocycles. The number of rotatable bonds is 1. The molecular formula is C8H15NO2. The molecule has 0 radical (unpaired) electrons. The van der Waals surface area contributed by atoms with Gasteiger partial charge in [-0.1, -0.05) is 6.92 Å². The number of amides is 1. The van der Waals surface area contributed by atoms with Crippen LogP contribution in [0, 0.1) is 0 Å². The molecule has 0 bridgehead atoms. The van der Waals surface area contributed by atoms with Gasteiger partial charge in [0.05, 0.1) is 6.61 Å². The molecule has 1 aliphatic rings. The minimum atomic E-state index is -0.0174. The van der Waals surface area contributed by atoms with Gasteiger partial charge in [-0.05, 0) is 13.3 Å². The highest BCUT2D eigenvalue weighted by molar-refractivity contribution is 5.76. The van der Waals surface area contributed by atoms with Gasteiger partial charge < -0.3 is 9.64 Å². The van der Waals surface area contributed by atoms with Crippen LogP contribution in [0.4, 0.5) is 0 Å². The molecule has 1 saturated heterocycles. The molecule has 1 rings (SSSR count). The van der Waals surface area contributed by atoms with Crippen LogP contribution in [0.15, 0.2) is 0 Å². The summed E-state index contributed by atoms with van der Waals surface area (Å²) < 4.78 is 5.32. The smallest absolute Gasteiger partial charge is 0.224 e. The van der Waals surface area contributed by atoms with Crippen molar-refractivity contribution in [1.82, 2.24) is 4.90 Å². The maximum atomic E-state index is 11.2. The first kappa shape index (κ1) is 8.53. The zero-order valence-corrected chi connectivity index (χ0v) is 7.17. The molecule has 64 valence electrons. The highest BCUT2D eigenvalue weighted by atomic mass is 16.5. The van der Waals surface area contributed by atoms with Crippen molar-refractivity contribution in [2.45, 2.75) is 32.9 Å². The van der Waals surface area contributed by atoms with E-state index in [1.807, 2.05) is 13.8 Å². The Labute approximate surface area is 67.3 Å². The summed E-state index contributed by atoms with van der Waals surface area (Å²) in [6.45, 7) is 5.44. The lowest BCUT2D eigenvalue weighted by atomic mass is 10.3. The lowest BCUT2D eigenvalue weighted by molar-refractivity contribution is -0.151. The van der Waals surface area contributed by atoms with E-state index in [1.165, 1.54) is 0 Å². The lowest BCUT2D eigenvalue weighted by Crippen LogP contribution is -2.44. The molecule has 1 amide bonds. The third-order valence-electron chi connectivity index (χ3n) is 1.96. The molecule has 0 aromatic carbocycles. The molecular weight excluding hydrogens is 142 g/mol. The van der Waals surface area contributed by atoms with Crippen molar-refractivity contribution in [3.05, 3.63) is 0 Å². The molecule has 0 aliphatic carbocycles. The summed E-state index contributed by atoms with van der Waals surface area (Å²) >= 11 is 0. The highest BCUT2D eigenvalue weighted by Gasteiger charge is 2.21. The third-order valence-corrected chi connectivity index (χ3v) is 1.96. The second kappa shape index (κ2) is 3.72. The normalized spacial score (nSPS) is 25.3. The average molecular weight is 157 g/mol. The minimum Gasteiger partial charge on any atom is -0.359 e. The lowest BCUT2D eigenvalue weighted by Gasteiger charge is -2.33. The second-order valence-corrected chi connectivity index (χ2v) is 2.76. The molecule has 3 nitrogen and oxygen atoms in total. The third kappa shape index (κ3) is 1.93. The van der Waals surface area contributed by atoms with Crippen LogP contribution in [0.1, 0.15) is 26.7 Å². The van der Waals surface area contributed by atoms with Gasteiger partial charge in [-0.3, -0.25) is 4.79 Å². The first-order chi connectivity index (χ1) is 5.25. The van der Waals surface area contributed by atoms with E-state index in [2.05, 4.69) is 0 Å². The minimum absolute atomic E-state index is 0.0174. The Hall–Kier alpha value is -0.570. The van der Waals surface area contributed by atoms with Gasteiger partial charge in [0.15, 0.2) is 0 Å². The molecule has 0 spiro atoms. The van der Waals surface area contributed by atoms with Crippen molar-refractivity contribution in [3.63, 3.8) is 0 Å². The van der Waals surface area contributed by atoms with Crippen LogP contribution in [0.25, 0.3) is 0 Å². The summed E-state index contributed by atoms with van der Waals surface area (Å²) in [6, 6.07) is 0. The van der Waals surface area contributed by atoms with E-state index >= 15 is 0 Å². The number of nitrogens with zero attached hydrogens (tertiary/aromatic N) is 1. The van der Waals surface area contributed by atoms with Crippen LogP contribution in [0.5, 0.6) is 0 Å². The highest BCUT2D eigenvalue weighted by Crippen LogP contribution is 2.10. The van der Waals surface area contributed by atoms with Gasteiger partial charge >= 0.3 is 0 Å². The van der Waals surface area contributed by atoms with E-state index < -0.39 is 0 Å². The SMILES string of the molecule is CCC(=O)N1CCCOC1C. The van der Waals surface area contributed by atoms with Crippen LogP contribution in [-0.4, -0.2) is 30.2 Å². The molecule has 3 heteroatoms.